The smallest absolute Gasteiger partial charge is 0.125 e. The Kier molecular flexibility index (Phi) is 4.87. The Morgan fingerprint density at radius 3 is 3.00 bits per heavy atom. The van der Waals surface area contributed by atoms with E-state index in [-0.39, 0.29) is 6.04 Å². The van der Waals surface area contributed by atoms with E-state index in [0.29, 0.717) is 6.10 Å². The molecule has 1 aromatic carbocycles. The summed E-state index contributed by atoms with van der Waals surface area (Å²) < 4.78 is 12.5. The lowest BCUT2D eigenvalue weighted by molar-refractivity contribution is -0.0281. The molecule has 1 unspecified atom stereocenters. The van der Waals surface area contributed by atoms with Crippen LogP contribution in [0.2, 0.25) is 0 Å². The van der Waals surface area contributed by atoms with Gasteiger partial charge in [0.2, 0.25) is 0 Å². The Bertz CT molecular complexity index is 500. The highest BCUT2D eigenvalue weighted by atomic mass is 79.9. The van der Waals surface area contributed by atoms with Crippen LogP contribution in [0.4, 0.5) is 0 Å². The van der Waals surface area contributed by atoms with Crippen molar-refractivity contribution >= 4 is 15.9 Å². The first kappa shape index (κ1) is 15.3. The van der Waals surface area contributed by atoms with Crippen molar-refractivity contribution in [2.75, 3.05) is 13.2 Å². The molecular formula is C17H24BrNO2. The van der Waals surface area contributed by atoms with Crippen LogP contribution >= 0.6 is 15.9 Å². The molecule has 0 amide bonds. The molecule has 1 aliphatic heterocycles. The van der Waals surface area contributed by atoms with Gasteiger partial charge in [-0.15, -0.1) is 0 Å². The fraction of sp³-hybridized carbons (Fsp3) is 0.647. The highest BCUT2D eigenvalue weighted by molar-refractivity contribution is 9.10. The number of rotatable bonds is 6. The van der Waals surface area contributed by atoms with Crippen LogP contribution in [-0.4, -0.2) is 25.4 Å². The lowest BCUT2D eigenvalue weighted by Gasteiger charge is -2.36. The summed E-state index contributed by atoms with van der Waals surface area (Å²) in [6, 6.07) is 4.53. The molecule has 3 nitrogen and oxygen atoms in total. The van der Waals surface area contributed by atoms with Crippen molar-refractivity contribution in [2.45, 2.75) is 51.2 Å². The van der Waals surface area contributed by atoms with Crippen LogP contribution in [0.15, 0.2) is 16.6 Å². The van der Waals surface area contributed by atoms with Gasteiger partial charge in [-0.05, 0) is 61.8 Å². The van der Waals surface area contributed by atoms with Crippen LogP contribution in [0.1, 0.15) is 37.3 Å². The predicted molar refractivity (Wildman–Crippen MR) is 87.8 cm³/mol. The van der Waals surface area contributed by atoms with Gasteiger partial charge in [0.1, 0.15) is 5.75 Å². The maximum absolute atomic E-state index is 6.37. The quantitative estimate of drug-likeness (QED) is 0.851. The van der Waals surface area contributed by atoms with Crippen molar-refractivity contribution < 1.29 is 9.47 Å². The summed E-state index contributed by atoms with van der Waals surface area (Å²) >= 11 is 3.59. The minimum atomic E-state index is 0.208. The zero-order valence-electron chi connectivity index (χ0n) is 12.6. The van der Waals surface area contributed by atoms with Crippen molar-refractivity contribution in [3.05, 3.63) is 27.7 Å². The van der Waals surface area contributed by atoms with Gasteiger partial charge >= 0.3 is 0 Å². The third kappa shape index (κ3) is 3.61. The monoisotopic (exact) mass is 353 g/mol. The van der Waals surface area contributed by atoms with Crippen LogP contribution in [0.25, 0.3) is 0 Å². The van der Waals surface area contributed by atoms with E-state index in [9.17, 15) is 0 Å². The Hall–Kier alpha value is -0.580. The van der Waals surface area contributed by atoms with Crippen molar-refractivity contribution in [1.29, 1.82) is 0 Å². The number of hydrogen-bond acceptors (Lipinski definition) is 3. The zero-order valence-corrected chi connectivity index (χ0v) is 14.2. The van der Waals surface area contributed by atoms with Crippen molar-refractivity contribution in [1.82, 2.24) is 0 Å². The first-order valence-corrected chi connectivity index (χ1v) is 8.76. The van der Waals surface area contributed by atoms with Gasteiger partial charge in [0.15, 0.2) is 0 Å². The Labute approximate surface area is 135 Å². The van der Waals surface area contributed by atoms with Gasteiger partial charge in [-0.25, -0.2) is 0 Å². The van der Waals surface area contributed by atoms with E-state index in [1.165, 1.54) is 24.0 Å². The summed E-state index contributed by atoms with van der Waals surface area (Å²) in [5.41, 5.74) is 8.93. The molecule has 0 saturated heterocycles. The van der Waals surface area contributed by atoms with E-state index in [2.05, 4.69) is 35.0 Å². The number of benzene rings is 1. The molecule has 0 radical (unpaired) electrons. The van der Waals surface area contributed by atoms with Crippen LogP contribution in [-0.2, 0) is 17.6 Å². The summed E-state index contributed by atoms with van der Waals surface area (Å²) in [6.07, 6.45) is 5.83. The van der Waals surface area contributed by atoms with Crippen LogP contribution in [0.3, 0.4) is 0 Å². The van der Waals surface area contributed by atoms with Gasteiger partial charge < -0.3 is 15.2 Å². The van der Waals surface area contributed by atoms with Gasteiger partial charge in [-0.3, -0.25) is 0 Å². The second-order valence-corrected chi connectivity index (χ2v) is 7.18. The average molecular weight is 354 g/mol. The minimum Gasteiger partial charge on any atom is -0.493 e. The Morgan fingerprint density at radius 1 is 1.43 bits per heavy atom. The minimum absolute atomic E-state index is 0.208. The fourth-order valence-electron chi connectivity index (χ4n) is 3.53. The van der Waals surface area contributed by atoms with Crippen molar-refractivity contribution in [3.8, 4) is 5.75 Å². The van der Waals surface area contributed by atoms with Gasteiger partial charge in [-0.1, -0.05) is 15.9 Å². The van der Waals surface area contributed by atoms with Crippen LogP contribution < -0.4 is 10.5 Å². The molecule has 0 bridgehead atoms. The fourth-order valence-corrected chi connectivity index (χ4v) is 4.08. The van der Waals surface area contributed by atoms with E-state index in [1.807, 2.05) is 0 Å². The van der Waals surface area contributed by atoms with Gasteiger partial charge in [0.25, 0.3) is 0 Å². The lowest BCUT2D eigenvalue weighted by Crippen LogP contribution is -2.36. The Morgan fingerprint density at radius 2 is 2.24 bits per heavy atom. The number of halogens is 1. The van der Waals surface area contributed by atoms with Gasteiger partial charge in [0, 0.05) is 23.5 Å². The van der Waals surface area contributed by atoms with Crippen LogP contribution in [0, 0.1) is 5.92 Å². The first-order valence-electron chi connectivity index (χ1n) is 7.97. The van der Waals surface area contributed by atoms with E-state index < -0.39 is 0 Å². The first-order chi connectivity index (χ1) is 10.2. The molecule has 1 fully saturated rings. The SMILES string of the molecule is CCOC1CC(CC(N)Cc2cc(Br)cc3c2OCC3)C1. The molecule has 1 atom stereocenters. The predicted octanol–water partition coefficient (Wildman–Crippen LogP) is 3.46. The number of fused-ring (bicyclic) bond motifs is 1. The molecule has 0 aromatic heterocycles. The highest BCUT2D eigenvalue weighted by Crippen LogP contribution is 2.36. The standard InChI is InChI=1S/C17H24BrNO2/c1-2-20-16-6-11(7-16)5-15(19)10-13-9-14(18)8-12-3-4-21-17(12)13/h8-9,11,15-16H,2-7,10,19H2,1H3. The van der Waals surface area contributed by atoms with Crippen molar-refractivity contribution in [2.24, 2.45) is 11.7 Å². The second-order valence-electron chi connectivity index (χ2n) is 6.27. The molecule has 2 aliphatic rings. The maximum atomic E-state index is 6.37. The maximum Gasteiger partial charge on any atom is 0.125 e. The summed E-state index contributed by atoms with van der Waals surface area (Å²) in [5, 5.41) is 0. The van der Waals surface area contributed by atoms with Gasteiger partial charge in [-0.2, -0.15) is 0 Å². The lowest BCUT2D eigenvalue weighted by atomic mass is 9.77. The molecule has 4 heteroatoms. The van der Waals surface area contributed by atoms with E-state index in [4.69, 9.17) is 15.2 Å². The molecule has 3 rings (SSSR count). The third-order valence-electron chi connectivity index (χ3n) is 4.54. The number of nitrogens with two attached hydrogens (primary N) is 1. The molecule has 2 N–H and O–H groups in total. The summed E-state index contributed by atoms with van der Waals surface area (Å²) in [6.45, 7) is 3.69. The molecule has 1 aliphatic carbocycles. The van der Waals surface area contributed by atoms with E-state index in [1.54, 1.807) is 0 Å². The molecule has 1 heterocycles. The van der Waals surface area contributed by atoms with Crippen molar-refractivity contribution in [3.63, 3.8) is 0 Å². The summed E-state index contributed by atoms with van der Waals surface area (Å²) in [5.74, 6) is 1.81. The highest BCUT2D eigenvalue weighted by Gasteiger charge is 2.31. The van der Waals surface area contributed by atoms with Crippen LogP contribution in [0.5, 0.6) is 5.75 Å². The summed E-state index contributed by atoms with van der Waals surface area (Å²) in [7, 11) is 0. The van der Waals surface area contributed by atoms with E-state index in [0.717, 1.165) is 48.6 Å². The number of hydrogen-bond donors (Lipinski definition) is 1. The molecule has 0 spiro atoms. The Balaban J connectivity index is 1.55. The number of ether oxygens (including phenoxy) is 2. The normalized spacial score (nSPS) is 25.1. The molecule has 21 heavy (non-hydrogen) atoms. The van der Waals surface area contributed by atoms with Gasteiger partial charge in [0.05, 0.1) is 12.7 Å². The molecule has 1 aromatic rings. The second kappa shape index (κ2) is 6.67. The molecule has 116 valence electrons. The topological polar surface area (TPSA) is 44.5 Å². The third-order valence-corrected chi connectivity index (χ3v) is 5.00. The molecular weight excluding hydrogens is 330 g/mol. The summed E-state index contributed by atoms with van der Waals surface area (Å²) in [4.78, 5) is 0. The molecule has 1 saturated carbocycles. The largest absolute Gasteiger partial charge is 0.493 e. The average Bonchev–Trinajstić information content (AvgIpc) is 2.84. The zero-order chi connectivity index (χ0) is 14.8. The van der Waals surface area contributed by atoms with E-state index >= 15 is 0 Å².